The fourth-order valence-electron chi connectivity index (χ4n) is 1.75. The molecule has 0 aliphatic rings. The van der Waals surface area contributed by atoms with Crippen LogP contribution >= 0.6 is 0 Å². The van der Waals surface area contributed by atoms with E-state index in [1.54, 1.807) is 22.8 Å². The molecule has 2 aromatic rings. The van der Waals surface area contributed by atoms with Crippen LogP contribution in [0.5, 0.6) is 0 Å². The first-order valence-electron chi connectivity index (χ1n) is 5.25. The Morgan fingerprint density at radius 1 is 1.50 bits per heavy atom. The number of benzene rings is 1. The van der Waals surface area contributed by atoms with Crippen molar-refractivity contribution in [2.24, 2.45) is 0 Å². The van der Waals surface area contributed by atoms with Crippen molar-refractivity contribution < 1.29 is 8.42 Å². The maximum Gasteiger partial charge on any atom is 0.201 e. The molecule has 0 atom stereocenters. The maximum atomic E-state index is 11.2. The lowest BCUT2D eigenvalue weighted by Crippen LogP contribution is -2.12. The molecule has 2 rings (SSSR count). The van der Waals surface area contributed by atoms with Gasteiger partial charge < -0.3 is 10.3 Å². The van der Waals surface area contributed by atoms with E-state index in [-0.39, 0.29) is 18.2 Å². The molecule has 0 fully saturated rings. The lowest BCUT2D eigenvalue weighted by atomic mass is 10.2. The monoisotopic (exact) mass is 264 g/mol. The Bertz CT molecular complexity index is 740. The number of para-hydroxylation sites is 1. The SMILES string of the molecule is CS(=O)(=O)CCn1c(N)nc2c(C#N)cccc21. The van der Waals surface area contributed by atoms with Crippen LogP contribution in [0.15, 0.2) is 18.2 Å². The molecule has 0 radical (unpaired) electrons. The van der Waals surface area contributed by atoms with Crippen molar-refractivity contribution in [2.75, 3.05) is 17.7 Å². The number of hydrogen-bond acceptors (Lipinski definition) is 5. The van der Waals surface area contributed by atoms with Crippen LogP contribution in [0, 0.1) is 11.3 Å². The van der Waals surface area contributed by atoms with E-state index in [0.29, 0.717) is 16.6 Å². The zero-order chi connectivity index (χ0) is 13.3. The summed E-state index contributed by atoms with van der Waals surface area (Å²) in [6.45, 7) is 0.232. The molecule has 6 nitrogen and oxygen atoms in total. The van der Waals surface area contributed by atoms with Gasteiger partial charge in [-0.3, -0.25) is 0 Å². The Morgan fingerprint density at radius 2 is 2.22 bits per heavy atom. The molecule has 0 saturated heterocycles. The van der Waals surface area contributed by atoms with Crippen LogP contribution in [0.2, 0.25) is 0 Å². The summed E-state index contributed by atoms with van der Waals surface area (Å²) in [5.41, 5.74) is 7.36. The molecule has 0 spiro atoms. The second kappa shape index (κ2) is 4.31. The average molecular weight is 264 g/mol. The molecule has 1 aromatic carbocycles. The predicted molar refractivity (Wildman–Crippen MR) is 68.6 cm³/mol. The smallest absolute Gasteiger partial charge is 0.201 e. The molecule has 7 heteroatoms. The molecule has 94 valence electrons. The number of hydrogen-bond donors (Lipinski definition) is 1. The first-order chi connectivity index (χ1) is 8.42. The molecule has 0 unspecified atom stereocenters. The Morgan fingerprint density at radius 3 is 2.83 bits per heavy atom. The highest BCUT2D eigenvalue weighted by molar-refractivity contribution is 7.90. The van der Waals surface area contributed by atoms with Gasteiger partial charge in [0.15, 0.2) is 0 Å². The molecule has 2 N–H and O–H groups in total. The normalized spacial score (nSPS) is 11.6. The number of nitrogens with zero attached hydrogens (tertiary/aromatic N) is 3. The summed E-state index contributed by atoms with van der Waals surface area (Å²) in [6, 6.07) is 7.17. The van der Waals surface area contributed by atoms with E-state index in [4.69, 9.17) is 11.0 Å². The Hall–Kier alpha value is -2.07. The standard InChI is InChI=1S/C11H12N4O2S/c1-18(16,17)6-5-15-9-4-2-3-8(7-12)10(9)14-11(15)13/h2-4H,5-6H2,1H3,(H2,13,14). The minimum Gasteiger partial charge on any atom is -0.369 e. The number of aromatic nitrogens is 2. The number of nitrogens with two attached hydrogens (primary N) is 1. The number of sulfone groups is 1. The molecule has 0 saturated carbocycles. The molecule has 18 heavy (non-hydrogen) atoms. The van der Waals surface area contributed by atoms with Crippen molar-refractivity contribution >= 4 is 26.8 Å². The molecular weight excluding hydrogens is 252 g/mol. The first kappa shape index (κ1) is 12.4. The van der Waals surface area contributed by atoms with Gasteiger partial charge in [0.25, 0.3) is 0 Å². The number of imidazole rings is 1. The van der Waals surface area contributed by atoms with Crippen molar-refractivity contribution in [1.29, 1.82) is 5.26 Å². The Kier molecular flexibility index (Phi) is 2.97. The average Bonchev–Trinajstić information content (AvgIpc) is 2.61. The largest absolute Gasteiger partial charge is 0.369 e. The molecule has 0 aliphatic carbocycles. The summed E-state index contributed by atoms with van der Waals surface area (Å²) in [7, 11) is -3.07. The number of aryl methyl sites for hydroxylation is 1. The van der Waals surface area contributed by atoms with Gasteiger partial charge >= 0.3 is 0 Å². The Balaban J connectivity index is 2.52. The van der Waals surface area contributed by atoms with Crippen LogP contribution in [0.3, 0.4) is 0 Å². The maximum absolute atomic E-state index is 11.2. The number of anilines is 1. The lowest BCUT2D eigenvalue weighted by Gasteiger charge is -2.05. The van der Waals surface area contributed by atoms with Gasteiger partial charge in [-0.05, 0) is 12.1 Å². The van der Waals surface area contributed by atoms with Crippen molar-refractivity contribution in [2.45, 2.75) is 6.54 Å². The van der Waals surface area contributed by atoms with E-state index in [1.165, 1.54) is 6.26 Å². The summed E-state index contributed by atoms with van der Waals surface area (Å²) < 4.78 is 23.9. The van der Waals surface area contributed by atoms with Crippen molar-refractivity contribution in [3.05, 3.63) is 23.8 Å². The van der Waals surface area contributed by atoms with Gasteiger partial charge in [0.1, 0.15) is 21.4 Å². The summed E-state index contributed by atoms with van der Waals surface area (Å²) in [5, 5.41) is 8.96. The summed E-state index contributed by atoms with van der Waals surface area (Å²) in [4.78, 5) is 4.11. The molecule has 0 bridgehead atoms. The quantitative estimate of drug-likeness (QED) is 0.871. The summed E-state index contributed by atoms with van der Waals surface area (Å²) >= 11 is 0. The van der Waals surface area contributed by atoms with E-state index in [1.807, 2.05) is 6.07 Å². The predicted octanol–water partition coefficient (Wildman–Crippen LogP) is 0.535. The third-order valence-electron chi connectivity index (χ3n) is 2.61. The van der Waals surface area contributed by atoms with Crippen molar-refractivity contribution in [1.82, 2.24) is 9.55 Å². The molecule has 0 amide bonds. The second-order valence-electron chi connectivity index (χ2n) is 4.04. The fraction of sp³-hybridized carbons (Fsp3) is 0.273. The number of rotatable bonds is 3. The van der Waals surface area contributed by atoms with Gasteiger partial charge in [-0.25, -0.2) is 13.4 Å². The fourth-order valence-corrected chi connectivity index (χ4v) is 2.26. The Labute approximate surface area is 105 Å². The topological polar surface area (TPSA) is 102 Å². The van der Waals surface area contributed by atoms with Gasteiger partial charge in [0, 0.05) is 12.8 Å². The highest BCUT2D eigenvalue weighted by Gasteiger charge is 2.12. The second-order valence-corrected chi connectivity index (χ2v) is 6.30. The van der Waals surface area contributed by atoms with Gasteiger partial charge in [0.2, 0.25) is 5.95 Å². The van der Waals surface area contributed by atoms with Gasteiger partial charge in [0.05, 0.1) is 16.8 Å². The molecular formula is C11H12N4O2S. The van der Waals surface area contributed by atoms with Crippen LogP contribution in [-0.2, 0) is 16.4 Å². The van der Waals surface area contributed by atoms with Gasteiger partial charge in [-0.15, -0.1) is 0 Å². The van der Waals surface area contributed by atoms with Crippen molar-refractivity contribution in [3.63, 3.8) is 0 Å². The third kappa shape index (κ3) is 2.28. The van der Waals surface area contributed by atoms with Crippen molar-refractivity contribution in [3.8, 4) is 6.07 Å². The molecule has 0 aliphatic heterocycles. The number of nitriles is 1. The van der Waals surface area contributed by atoms with E-state index in [0.717, 1.165) is 0 Å². The van der Waals surface area contributed by atoms with Gasteiger partial charge in [-0.1, -0.05) is 6.07 Å². The van der Waals surface area contributed by atoms with Crippen LogP contribution < -0.4 is 5.73 Å². The highest BCUT2D eigenvalue weighted by atomic mass is 32.2. The minimum atomic E-state index is -3.07. The lowest BCUT2D eigenvalue weighted by molar-refractivity contribution is 0.596. The summed E-state index contributed by atoms with van der Waals surface area (Å²) in [6.07, 6.45) is 1.17. The van der Waals surface area contributed by atoms with E-state index in [2.05, 4.69) is 4.98 Å². The van der Waals surface area contributed by atoms with E-state index >= 15 is 0 Å². The van der Waals surface area contributed by atoms with Crippen LogP contribution in [0.4, 0.5) is 5.95 Å². The molecule has 1 aromatic heterocycles. The van der Waals surface area contributed by atoms with Gasteiger partial charge in [-0.2, -0.15) is 5.26 Å². The van der Waals surface area contributed by atoms with E-state index in [9.17, 15) is 8.42 Å². The minimum absolute atomic E-state index is 0.0144. The molecule has 1 heterocycles. The number of fused-ring (bicyclic) bond motifs is 1. The zero-order valence-electron chi connectivity index (χ0n) is 9.79. The van der Waals surface area contributed by atoms with Crippen LogP contribution in [0.25, 0.3) is 11.0 Å². The highest BCUT2D eigenvalue weighted by Crippen LogP contribution is 2.20. The van der Waals surface area contributed by atoms with Crippen LogP contribution in [-0.4, -0.2) is 30.0 Å². The third-order valence-corrected chi connectivity index (χ3v) is 3.54. The number of nitrogen functional groups attached to an aromatic ring is 1. The summed E-state index contributed by atoms with van der Waals surface area (Å²) in [5.74, 6) is 0.204. The zero-order valence-corrected chi connectivity index (χ0v) is 10.6. The first-order valence-corrected chi connectivity index (χ1v) is 7.31. The van der Waals surface area contributed by atoms with Crippen LogP contribution in [0.1, 0.15) is 5.56 Å². The van der Waals surface area contributed by atoms with E-state index < -0.39 is 9.84 Å².